The average molecular weight is 743 g/mol. The fraction of sp³-hybridized carbons (Fsp3) is 0.0851. The summed E-state index contributed by atoms with van der Waals surface area (Å²) < 4.78 is 2.70. The fourth-order valence-corrected chi connectivity index (χ4v) is 11.2. The van der Waals surface area contributed by atoms with Crippen molar-refractivity contribution in [3.8, 4) is 0 Å². The van der Waals surface area contributed by atoms with E-state index in [1.807, 2.05) is 71.3 Å². The van der Waals surface area contributed by atoms with Gasteiger partial charge in [0.15, 0.2) is 0 Å². The van der Waals surface area contributed by atoms with E-state index in [0.717, 1.165) is 37.5 Å². The molecule has 1 nitrogen and oxygen atoms in total. The Bertz CT molecular complexity index is 2620. The number of hydrogen-bond acceptors (Lipinski definition) is 5. The molecule has 0 fully saturated rings. The zero-order chi connectivity index (χ0) is 34.9. The van der Waals surface area contributed by atoms with Crippen LogP contribution in [0.4, 0.5) is 0 Å². The van der Waals surface area contributed by atoms with E-state index in [1.54, 1.807) is 0 Å². The lowest BCUT2D eigenvalue weighted by Gasteiger charge is -2.15. The maximum Gasteiger partial charge on any atom is 0.150 e. The van der Waals surface area contributed by atoms with Gasteiger partial charge in [0.25, 0.3) is 0 Å². The molecule has 4 bridgehead atoms. The summed E-state index contributed by atoms with van der Waals surface area (Å²) in [6, 6.07) is 37.8. The molecule has 0 aromatic heterocycles. The Morgan fingerprint density at radius 3 is 1.46 bits per heavy atom. The fourth-order valence-electron chi connectivity index (χ4n) is 7.37. The van der Waals surface area contributed by atoms with Gasteiger partial charge in [-0.05, 0) is 119 Å². The van der Waals surface area contributed by atoms with E-state index < -0.39 is 0 Å². The number of aryl methyl sites for hydroxylation is 4. The number of rotatable bonds is 5. The zero-order valence-corrected chi connectivity index (χ0v) is 31.6. The van der Waals surface area contributed by atoms with Crippen LogP contribution >= 0.6 is 47.0 Å². The Labute approximate surface area is 321 Å². The number of benzene rings is 6. The minimum Gasteiger partial charge on any atom is -0.298 e. The van der Waals surface area contributed by atoms with E-state index in [0.29, 0.717) is 5.56 Å². The Morgan fingerprint density at radius 1 is 0.423 bits per heavy atom. The minimum absolute atomic E-state index is 0.702. The molecule has 12 rings (SSSR count). The number of carbonyl (C=O) groups excluding carboxylic acids is 1. The third kappa shape index (κ3) is 6.79. The van der Waals surface area contributed by atoms with Gasteiger partial charge in [-0.15, -0.1) is 0 Å². The van der Waals surface area contributed by atoms with Crippen molar-refractivity contribution in [2.75, 3.05) is 0 Å². The predicted molar refractivity (Wildman–Crippen MR) is 234 cm³/mol. The van der Waals surface area contributed by atoms with Crippen molar-refractivity contribution >= 4 is 108 Å². The zero-order valence-electron chi connectivity index (χ0n) is 28.4. The van der Waals surface area contributed by atoms with E-state index in [1.165, 1.54) is 79.4 Å². The highest BCUT2D eigenvalue weighted by Crippen LogP contribution is 2.41. The molecule has 0 unspecified atom stereocenters. The van der Waals surface area contributed by atoms with Gasteiger partial charge >= 0.3 is 0 Å². The van der Waals surface area contributed by atoms with Crippen molar-refractivity contribution < 1.29 is 4.79 Å². The van der Waals surface area contributed by atoms with Crippen LogP contribution in [0.25, 0.3) is 54.3 Å². The van der Waals surface area contributed by atoms with E-state index >= 15 is 0 Å². The van der Waals surface area contributed by atoms with Gasteiger partial charge in [-0.25, -0.2) is 0 Å². The SMILES string of the molecule is O=Cc1ccc(/C=C/c2cc3ccc2CCc2ccc(c(/C=C/c4ccc5c(=C6SC=CS6)c6ccccc6c(=C6SC=CS6)c5c4)c2)CC3)cc1. The number of thioether (sulfide) groups is 4. The summed E-state index contributed by atoms with van der Waals surface area (Å²) in [5.74, 6) is 0. The predicted octanol–water partition coefficient (Wildman–Crippen LogP) is 12.1. The Morgan fingerprint density at radius 2 is 0.904 bits per heavy atom. The molecule has 2 heterocycles. The molecule has 2 aliphatic heterocycles. The smallest absolute Gasteiger partial charge is 0.150 e. The molecular formula is C47H34OS4. The van der Waals surface area contributed by atoms with Crippen LogP contribution in [0.2, 0.25) is 0 Å². The van der Waals surface area contributed by atoms with Gasteiger partial charge < -0.3 is 0 Å². The molecule has 6 aromatic carbocycles. The Kier molecular flexibility index (Phi) is 9.60. The third-order valence-corrected chi connectivity index (χ3v) is 14.3. The van der Waals surface area contributed by atoms with E-state index in [4.69, 9.17) is 0 Å². The highest BCUT2D eigenvalue weighted by atomic mass is 32.2. The molecule has 6 aromatic rings. The number of hydrogen-bond donors (Lipinski definition) is 0. The summed E-state index contributed by atoms with van der Waals surface area (Å²) in [4.78, 5) is 11.1. The normalized spacial score (nSPS) is 15.5. The van der Waals surface area contributed by atoms with Gasteiger partial charge in [0.1, 0.15) is 6.29 Å². The molecule has 0 spiro atoms. The van der Waals surface area contributed by atoms with Crippen molar-refractivity contribution in [1.82, 2.24) is 0 Å². The van der Waals surface area contributed by atoms with Crippen LogP contribution in [0, 0.1) is 0 Å². The van der Waals surface area contributed by atoms with Crippen LogP contribution in [0.15, 0.2) is 125 Å². The second kappa shape index (κ2) is 14.9. The molecule has 4 aliphatic carbocycles. The molecule has 0 saturated carbocycles. The summed E-state index contributed by atoms with van der Waals surface area (Å²) >= 11 is 7.33. The number of aldehydes is 1. The first-order valence-corrected chi connectivity index (χ1v) is 21.1. The lowest BCUT2D eigenvalue weighted by molar-refractivity contribution is 0.112. The summed E-state index contributed by atoms with van der Waals surface area (Å²) in [5, 5.41) is 16.8. The summed E-state index contributed by atoms with van der Waals surface area (Å²) in [5.41, 5.74) is 11.1. The molecule has 252 valence electrons. The van der Waals surface area contributed by atoms with Crippen molar-refractivity contribution in [2.45, 2.75) is 25.7 Å². The van der Waals surface area contributed by atoms with Crippen LogP contribution in [0.3, 0.4) is 0 Å². The van der Waals surface area contributed by atoms with Crippen molar-refractivity contribution in [3.63, 3.8) is 0 Å². The molecule has 0 N–H and O–H groups in total. The molecular weight excluding hydrogens is 709 g/mol. The van der Waals surface area contributed by atoms with E-state index in [2.05, 4.69) is 125 Å². The largest absolute Gasteiger partial charge is 0.298 e. The van der Waals surface area contributed by atoms with Gasteiger partial charge in [0.2, 0.25) is 0 Å². The summed E-state index contributed by atoms with van der Waals surface area (Å²) in [7, 11) is 0. The van der Waals surface area contributed by atoms with Gasteiger partial charge in [-0.3, -0.25) is 4.79 Å². The average Bonchev–Trinajstić information content (AvgIpc) is 3.92. The van der Waals surface area contributed by atoms with Gasteiger partial charge in [-0.1, -0.05) is 168 Å². The van der Waals surface area contributed by atoms with Crippen molar-refractivity contribution in [3.05, 3.63) is 185 Å². The van der Waals surface area contributed by atoms with Gasteiger partial charge in [-0.2, -0.15) is 0 Å². The second-order valence-electron chi connectivity index (χ2n) is 13.2. The van der Waals surface area contributed by atoms with E-state index in [-0.39, 0.29) is 0 Å². The highest BCUT2D eigenvalue weighted by molar-refractivity contribution is 8.35. The lowest BCUT2D eigenvalue weighted by atomic mass is 9.90. The monoisotopic (exact) mass is 742 g/mol. The quantitative estimate of drug-likeness (QED) is 0.0991. The molecule has 52 heavy (non-hydrogen) atoms. The maximum atomic E-state index is 11.1. The van der Waals surface area contributed by atoms with Crippen molar-refractivity contribution in [2.24, 2.45) is 0 Å². The molecule has 0 amide bonds. The van der Waals surface area contributed by atoms with Crippen LogP contribution < -0.4 is 10.4 Å². The Balaban J connectivity index is 1.07. The van der Waals surface area contributed by atoms with Gasteiger partial charge in [0.05, 0.1) is 8.47 Å². The first-order valence-electron chi connectivity index (χ1n) is 17.5. The lowest BCUT2D eigenvalue weighted by Crippen LogP contribution is -2.17. The van der Waals surface area contributed by atoms with Crippen LogP contribution in [-0.4, -0.2) is 6.29 Å². The van der Waals surface area contributed by atoms with Crippen molar-refractivity contribution in [1.29, 1.82) is 0 Å². The second-order valence-corrected chi connectivity index (χ2v) is 17.4. The highest BCUT2D eigenvalue weighted by Gasteiger charge is 2.16. The van der Waals surface area contributed by atoms with Crippen LogP contribution in [0.5, 0.6) is 0 Å². The number of carbonyl (C=O) groups is 1. The molecule has 6 aliphatic rings. The first kappa shape index (κ1) is 33.4. The van der Waals surface area contributed by atoms with Crippen LogP contribution in [0.1, 0.15) is 54.9 Å². The molecule has 0 radical (unpaired) electrons. The third-order valence-electron chi connectivity index (χ3n) is 10.0. The first-order chi connectivity index (χ1) is 25.7. The molecule has 0 saturated heterocycles. The van der Waals surface area contributed by atoms with Crippen LogP contribution in [-0.2, 0) is 25.7 Å². The maximum absolute atomic E-state index is 11.1. The standard InChI is InChI=1S/C47H34OS4/c48-30-35-7-5-31(6-8-35)9-20-38-27-32-10-16-36(38)17-11-33-13-19-37(18-12-32)39(28-33)21-14-34-15-22-42-43(29-34)45(47-51-25-26-52-47)41-4-2-1-3-40(41)44(42)46-49-23-24-50-46/h1-10,13-16,19-30H,11-12,17-18H2/b20-9+,21-14+. The molecule has 0 atom stereocenters. The minimum atomic E-state index is 0.702. The topological polar surface area (TPSA) is 17.1 Å². The molecule has 5 heteroatoms. The van der Waals surface area contributed by atoms with E-state index in [9.17, 15) is 4.79 Å². The summed E-state index contributed by atoms with van der Waals surface area (Å²) in [6.07, 6.45) is 13.9. The van der Waals surface area contributed by atoms with Gasteiger partial charge in [0, 0.05) is 16.0 Å². The summed E-state index contributed by atoms with van der Waals surface area (Å²) in [6.45, 7) is 0. The number of fused-ring (bicyclic) bond motifs is 2. The Hall–Kier alpha value is -4.39.